The van der Waals surface area contributed by atoms with E-state index in [1.165, 1.54) is 18.0 Å². The second-order valence-electron chi connectivity index (χ2n) is 7.99. The van der Waals surface area contributed by atoms with Crippen molar-refractivity contribution in [3.8, 4) is 0 Å². The fourth-order valence-electron chi connectivity index (χ4n) is 4.05. The summed E-state index contributed by atoms with van der Waals surface area (Å²) in [5.41, 5.74) is 3.03. The summed E-state index contributed by atoms with van der Waals surface area (Å²) in [4.78, 5) is 27.2. The number of carbonyl (C=O) groups excluding carboxylic acids is 1. The van der Waals surface area contributed by atoms with Crippen LogP contribution in [0, 0.1) is 0 Å². The summed E-state index contributed by atoms with van der Waals surface area (Å²) in [6, 6.07) is 10.7. The summed E-state index contributed by atoms with van der Waals surface area (Å²) in [5, 5.41) is 8.73. The number of amides is 1. The number of ether oxygens (including phenoxy) is 1. The number of benzene rings is 1. The maximum Gasteiger partial charge on any atom is 0.277 e. The predicted molar refractivity (Wildman–Crippen MR) is 122 cm³/mol. The number of rotatable bonds is 7. The van der Waals surface area contributed by atoms with Crippen molar-refractivity contribution in [3.05, 3.63) is 59.9 Å². The quantitative estimate of drug-likeness (QED) is 0.491. The molecule has 2 aliphatic heterocycles. The van der Waals surface area contributed by atoms with Crippen molar-refractivity contribution in [2.75, 3.05) is 63.9 Å². The Balaban J connectivity index is 1.39. The predicted octanol–water partition coefficient (Wildman–Crippen LogP) is 1.13. The minimum absolute atomic E-state index is 0.228. The van der Waals surface area contributed by atoms with Crippen LogP contribution < -0.4 is 10.4 Å². The summed E-state index contributed by atoms with van der Waals surface area (Å²) in [6.45, 7) is 7.93. The lowest BCUT2D eigenvalue weighted by molar-refractivity contribution is 0.0269. The SMILES string of the molecule is O=C(NO)c1cnc(N2CCN(C(/C=C/c3ccccc3)CN3CCOCC3)CC2)nc1. The first-order chi connectivity index (χ1) is 15.7. The number of nitrogens with one attached hydrogen (secondary N) is 1. The molecule has 9 heteroatoms. The number of carbonyl (C=O) groups is 1. The van der Waals surface area contributed by atoms with Crippen LogP contribution in [-0.4, -0.2) is 96.0 Å². The third-order valence-electron chi connectivity index (χ3n) is 5.93. The van der Waals surface area contributed by atoms with E-state index in [1.807, 2.05) is 6.07 Å². The molecule has 0 radical (unpaired) electrons. The number of aromatic nitrogens is 2. The summed E-state index contributed by atoms with van der Waals surface area (Å²) < 4.78 is 5.52. The number of hydrogen-bond donors (Lipinski definition) is 2. The molecular weight excluding hydrogens is 408 g/mol. The smallest absolute Gasteiger partial charge is 0.277 e. The third kappa shape index (κ3) is 5.89. The fraction of sp³-hybridized carbons (Fsp3) is 0.435. The molecule has 0 bridgehead atoms. The Morgan fingerprint density at radius 1 is 1.06 bits per heavy atom. The van der Waals surface area contributed by atoms with Crippen LogP contribution in [0.4, 0.5) is 5.95 Å². The molecule has 3 heterocycles. The van der Waals surface area contributed by atoms with E-state index in [-0.39, 0.29) is 5.56 Å². The van der Waals surface area contributed by atoms with Gasteiger partial charge in [-0.2, -0.15) is 0 Å². The van der Waals surface area contributed by atoms with Crippen LogP contribution in [0.25, 0.3) is 6.08 Å². The first kappa shape index (κ1) is 22.3. The Morgan fingerprint density at radius 3 is 2.41 bits per heavy atom. The highest BCUT2D eigenvalue weighted by molar-refractivity contribution is 5.92. The van der Waals surface area contributed by atoms with Gasteiger partial charge < -0.3 is 9.64 Å². The molecule has 2 aromatic rings. The fourth-order valence-corrected chi connectivity index (χ4v) is 4.05. The summed E-state index contributed by atoms with van der Waals surface area (Å²) in [7, 11) is 0. The van der Waals surface area contributed by atoms with Gasteiger partial charge in [-0.15, -0.1) is 0 Å². The molecule has 1 amide bonds. The first-order valence-electron chi connectivity index (χ1n) is 11.0. The topological polar surface area (TPSA) is 94.1 Å². The van der Waals surface area contributed by atoms with Gasteiger partial charge in [0.05, 0.1) is 18.8 Å². The zero-order valence-corrected chi connectivity index (χ0v) is 18.1. The van der Waals surface area contributed by atoms with Crippen molar-refractivity contribution < 1.29 is 14.7 Å². The van der Waals surface area contributed by atoms with E-state index in [1.54, 1.807) is 5.48 Å². The minimum Gasteiger partial charge on any atom is -0.379 e. The zero-order chi connectivity index (χ0) is 22.2. The highest BCUT2D eigenvalue weighted by Crippen LogP contribution is 2.16. The van der Waals surface area contributed by atoms with Crippen molar-refractivity contribution in [1.29, 1.82) is 0 Å². The van der Waals surface area contributed by atoms with E-state index in [0.717, 1.165) is 59.0 Å². The normalized spacial score (nSPS) is 19.2. The van der Waals surface area contributed by atoms with Gasteiger partial charge in [-0.1, -0.05) is 42.5 Å². The van der Waals surface area contributed by atoms with E-state index >= 15 is 0 Å². The van der Waals surface area contributed by atoms with Gasteiger partial charge in [0.25, 0.3) is 5.91 Å². The van der Waals surface area contributed by atoms with Crippen LogP contribution in [-0.2, 0) is 4.74 Å². The van der Waals surface area contributed by atoms with E-state index in [2.05, 4.69) is 61.1 Å². The molecule has 2 aliphatic rings. The second-order valence-corrected chi connectivity index (χ2v) is 7.99. The van der Waals surface area contributed by atoms with Crippen molar-refractivity contribution in [2.24, 2.45) is 0 Å². The molecular formula is C23H30N6O3. The molecule has 170 valence electrons. The lowest BCUT2D eigenvalue weighted by Gasteiger charge is -2.40. The van der Waals surface area contributed by atoms with Crippen LogP contribution in [0.1, 0.15) is 15.9 Å². The van der Waals surface area contributed by atoms with Crippen molar-refractivity contribution in [2.45, 2.75) is 6.04 Å². The van der Waals surface area contributed by atoms with Crippen molar-refractivity contribution >= 4 is 17.9 Å². The molecule has 1 atom stereocenters. The number of nitrogens with zero attached hydrogens (tertiary/aromatic N) is 5. The monoisotopic (exact) mass is 438 g/mol. The lowest BCUT2D eigenvalue weighted by atomic mass is 10.1. The molecule has 0 spiro atoms. The van der Waals surface area contributed by atoms with Crippen molar-refractivity contribution in [1.82, 2.24) is 25.2 Å². The molecule has 9 nitrogen and oxygen atoms in total. The van der Waals surface area contributed by atoms with Crippen LogP contribution >= 0.6 is 0 Å². The molecule has 0 aliphatic carbocycles. The standard InChI is InChI=1S/C23H30N6O3/c30-22(26-31)20-16-24-23(25-17-20)29-10-8-28(9-11-29)21(18-27-12-14-32-15-13-27)7-6-19-4-2-1-3-5-19/h1-7,16-17,21,31H,8-15,18H2,(H,26,30)/b7-6+. The van der Waals surface area contributed by atoms with Crippen molar-refractivity contribution in [3.63, 3.8) is 0 Å². The van der Waals surface area contributed by atoms with Crippen LogP contribution in [0.15, 0.2) is 48.8 Å². The number of hydrogen-bond acceptors (Lipinski definition) is 8. The molecule has 2 saturated heterocycles. The maximum atomic E-state index is 11.5. The largest absolute Gasteiger partial charge is 0.379 e. The Hall–Kier alpha value is -2.85. The molecule has 1 aromatic carbocycles. The van der Waals surface area contributed by atoms with Crippen LogP contribution in [0.3, 0.4) is 0 Å². The molecule has 1 unspecified atom stereocenters. The van der Waals surface area contributed by atoms with E-state index in [0.29, 0.717) is 12.0 Å². The second kappa shape index (κ2) is 11.1. The van der Waals surface area contributed by atoms with Gasteiger partial charge >= 0.3 is 0 Å². The molecule has 1 aromatic heterocycles. The highest BCUT2D eigenvalue weighted by Gasteiger charge is 2.26. The van der Waals surface area contributed by atoms with Gasteiger partial charge in [0.2, 0.25) is 5.95 Å². The average Bonchev–Trinajstić information content (AvgIpc) is 2.87. The van der Waals surface area contributed by atoms with Gasteiger partial charge in [-0.05, 0) is 5.56 Å². The summed E-state index contributed by atoms with van der Waals surface area (Å²) in [6.07, 6.45) is 7.40. The van der Waals surface area contributed by atoms with Crippen LogP contribution in [0.5, 0.6) is 0 Å². The Kier molecular flexibility index (Phi) is 7.78. The molecule has 4 rings (SSSR count). The van der Waals surface area contributed by atoms with Gasteiger partial charge in [-0.25, -0.2) is 15.4 Å². The van der Waals surface area contributed by atoms with Gasteiger partial charge in [0.15, 0.2) is 0 Å². The Morgan fingerprint density at radius 2 is 1.75 bits per heavy atom. The van der Waals surface area contributed by atoms with Crippen LogP contribution in [0.2, 0.25) is 0 Å². The summed E-state index contributed by atoms with van der Waals surface area (Å²) >= 11 is 0. The van der Waals surface area contributed by atoms with Gasteiger partial charge in [0.1, 0.15) is 0 Å². The van der Waals surface area contributed by atoms with E-state index in [4.69, 9.17) is 9.94 Å². The lowest BCUT2D eigenvalue weighted by Crippen LogP contribution is -2.54. The van der Waals surface area contributed by atoms with E-state index in [9.17, 15) is 4.79 Å². The summed E-state index contributed by atoms with van der Waals surface area (Å²) in [5.74, 6) is -0.0128. The maximum absolute atomic E-state index is 11.5. The number of anilines is 1. The Labute approximate surface area is 188 Å². The van der Waals surface area contributed by atoms with E-state index < -0.39 is 5.91 Å². The molecule has 32 heavy (non-hydrogen) atoms. The number of morpholine rings is 1. The number of piperazine rings is 1. The molecule has 2 fully saturated rings. The third-order valence-corrected chi connectivity index (χ3v) is 5.93. The van der Waals surface area contributed by atoms with Gasteiger partial charge in [0, 0.05) is 64.2 Å². The first-order valence-corrected chi connectivity index (χ1v) is 11.0. The Bertz CT molecular complexity index is 878. The molecule has 0 saturated carbocycles. The number of hydroxylamine groups is 1. The minimum atomic E-state index is -0.613. The zero-order valence-electron chi connectivity index (χ0n) is 18.1. The van der Waals surface area contributed by atoms with Gasteiger partial charge in [-0.3, -0.25) is 19.8 Å². The average molecular weight is 439 g/mol. The molecule has 2 N–H and O–H groups in total. The highest BCUT2D eigenvalue weighted by atomic mass is 16.5.